The van der Waals surface area contributed by atoms with Gasteiger partial charge in [0, 0.05) is 11.9 Å². The van der Waals surface area contributed by atoms with Gasteiger partial charge in [0.1, 0.15) is 0 Å². The molecule has 0 bridgehead atoms. The molecule has 1 atom stereocenters. The highest BCUT2D eigenvalue weighted by Gasteiger charge is 2.20. The van der Waals surface area contributed by atoms with Gasteiger partial charge in [-0.25, -0.2) is 14.5 Å². The molecule has 0 aliphatic carbocycles. The summed E-state index contributed by atoms with van der Waals surface area (Å²) in [6, 6.07) is 12.0. The number of carbonyl (C=O) groups is 2. The second-order valence-corrected chi connectivity index (χ2v) is 6.62. The number of aromatic nitrogens is 3. The van der Waals surface area contributed by atoms with Gasteiger partial charge in [0.15, 0.2) is 11.3 Å². The van der Waals surface area contributed by atoms with Gasteiger partial charge in [-0.05, 0) is 63.2 Å². The Kier molecular flexibility index (Phi) is 5.75. The van der Waals surface area contributed by atoms with Crippen LogP contribution in [0.15, 0.2) is 48.7 Å². The fourth-order valence-corrected chi connectivity index (χ4v) is 2.79. The smallest absolute Gasteiger partial charge is 0.338 e. The van der Waals surface area contributed by atoms with Crippen LogP contribution in [0, 0.1) is 13.8 Å². The van der Waals surface area contributed by atoms with E-state index in [2.05, 4.69) is 15.4 Å². The maximum absolute atomic E-state index is 12.3. The molecule has 0 radical (unpaired) electrons. The fraction of sp³-hybridized carbons (Fsp3) is 0.200. The quantitative estimate of drug-likeness (QED) is 0.523. The highest BCUT2D eigenvalue weighted by Crippen LogP contribution is 2.18. The third-order valence-corrected chi connectivity index (χ3v) is 4.33. The van der Waals surface area contributed by atoms with Crippen LogP contribution in [-0.2, 0) is 9.53 Å². The molecule has 0 saturated heterocycles. The van der Waals surface area contributed by atoms with Gasteiger partial charge in [-0.1, -0.05) is 11.6 Å². The number of aryl methyl sites for hydroxylation is 2. The van der Waals surface area contributed by atoms with Crippen molar-refractivity contribution < 1.29 is 14.3 Å². The summed E-state index contributed by atoms with van der Waals surface area (Å²) in [5, 5.41) is 7.15. The predicted octanol–water partition coefficient (Wildman–Crippen LogP) is 3.72. The van der Waals surface area contributed by atoms with Crippen molar-refractivity contribution in [1.82, 2.24) is 14.8 Å². The first kappa shape index (κ1) is 19.6. The summed E-state index contributed by atoms with van der Waals surface area (Å²) in [5.41, 5.74) is 3.43. The Labute approximate surface area is 167 Å². The number of rotatable bonds is 5. The molecule has 0 spiro atoms. The molecule has 1 N–H and O–H groups in total. The van der Waals surface area contributed by atoms with Crippen LogP contribution in [0.3, 0.4) is 0 Å². The molecule has 1 amide bonds. The molecule has 2 heterocycles. The van der Waals surface area contributed by atoms with E-state index in [9.17, 15) is 9.59 Å². The minimum absolute atomic E-state index is 0.161. The lowest BCUT2D eigenvalue weighted by Crippen LogP contribution is -2.30. The number of ether oxygens (including phenoxy) is 1. The van der Waals surface area contributed by atoms with E-state index in [-0.39, 0.29) is 5.15 Å². The molecule has 7 nitrogen and oxygen atoms in total. The molecule has 0 aliphatic heterocycles. The zero-order valence-corrected chi connectivity index (χ0v) is 16.4. The summed E-state index contributed by atoms with van der Waals surface area (Å²) in [5.74, 6) is -1.10. The molecule has 2 aromatic heterocycles. The molecule has 0 aliphatic rings. The van der Waals surface area contributed by atoms with Crippen molar-refractivity contribution in [2.75, 3.05) is 5.32 Å². The lowest BCUT2D eigenvalue weighted by molar-refractivity contribution is -0.123. The van der Waals surface area contributed by atoms with Gasteiger partial charge < -0.3 is 10.1 Å². The summed E-state index contributed by atoms with van der Waals surface area (Å²) in [7, 11) is 0. The van der Waals surface area contributed by atoms with Crippen molar-refractivity contribution >= 4 is 29.2 Å². The lowest BCUT2D eigenvalue weighted by Gasteiger charge is -2.14. The lowest BCUT2D eigenvalue weighted by atomic mass is 10.2. The molecule has 0 saturated carbocycles. The fourth-order valence-electron chi connectivity index (χ4n) is 2.62. The number of carbonyl (C=O) groups excluding carboxylic acids is 2. The van der Waals surface area contributed by atoms with Gasteiger partial charge in [-0.2, -0.15) is 5.10 Å². The standard InChI is InChI=1S/C20H19ClN4O3/c1-12-11-13(2)25(24-12)16-8-6-15(7-9-16)20(27)28-14(3)19(26)23-17-5-4-10-22-18(17)21/h4-11,14H,1-3H3,(H,23,26). The van der Waals surface area contributed by atoms with Crippen molar-refractivity contribution in [3.63, 3.8) is 0 Å². The molecule has 28 heavy (non-hydrogen) atoms. The van der Waals surface area contributed by atoms with E-state index in [1.807, 2.05) is 19.9 Å². The highest BCUT2D eigenvalue weighted by molar-refractivity contribution is 6.32. The van der Waals surface area contributed by atoms with E-state index in [0.29, 0.717) is 11.3 Å². The van der Waals surface area contributed by atoms with E-state index < -0.39 is 18.0 Å². The van der Waals surface area contributed by atoms with Gasteiger partial charge in [-0.15, -0.1) is 0 Å². The minimum Gasteiger partial charge on any atom is -0.449 e. The molecular weight excluding hydrogens is 380 g/mol. The van der Waals surface area contributed by atoms with E-state index in [0.717, 1.165) is 17.1 Å². The highest BCUT2D eigenvalue weighted by atomic mass is 35.5. The number of esters is 1. The topological polar surface area (TPSA) is 86.1 Å². The Balaban J connectivity index is 1.64. The number of pyridine rings is 1. The molecule has 0 fully saturated rings. The number of nitrogens with one attached hydrogen (secondary N) is 1. The molecule has 1 unspecified atom stereocenters. The number of hydrogen-bond donors (Lipinski definition) is 1. The van der Waals surface area contributed by atoms with Gasteiger partial charge >= 0.3 is 5.97 Å². The third-order valence-electron chi connectivity index (χ3n) is 4.03. The number of nitrogens with zero attached hydrogens (tertiary/aromatic N) is 3. The summed E-state index contributed by atoms with van der Waals surface area (Å²) < 4.78 is 7.04. The first-order chi connectivity index (χ1) is 13.3. The summed E-state index contributed by atoms with van der Waals surface area (Å²) in [6.45, 7) is 5.36. The Morgan fingerprint density at radius 3 is 2.50 bits per heavy atom. The van der Waals surface area contributed by atoms with Crippen LogP contribution >= 0.6 is 11.6 Å². The number of benzene rings is 1. The van der Waals surface area contributed by atoms with Crippen molar-refractivity contribution in [2.24, 2.45) is 0 Å². The van der Waals surface area contributed by atoms with E-state index in [1.165, 1.54) is 13.1 Å². The van der Waals surface area contributed by atoms with Gasteiger partial charge in [-0.3, -0.25) is 4.79 Å². The Bertz CT molecular complexity index is 1010. The predicted molar refractivity (Wildman–Crippen MR) is 106 cm³/mol. The van der Waals surface area contributed by atoms with E-state index in [1.54, 1.807) is 41.1 Å². The van der Waals surface area contributed by atoms with E-state index >= 15 is 0 Å². The van der Waals surface area contributed by atoms with Crippen LogP contribution < -0.4 is 5.32 Å². The number of amides is 1. The van der Waals surface area contributed by atoms with Crippen LogP contribution in [0.2, 0.25) is 5.15 Å². The first-order valence-electron chi connectivity index (χ1n) is 8.61. The molecule has 8 heteroatoms. The molecular formula is C20H19ClN4O3. The zero-order valence-electron chi connectivity index (χ0n) is 15.6. The van der Waals surface area contributed by atoms with Crippen LogP contribution in [0.4, 0.5) is 5.69 Å². The van der Waals surface area contributed by atoms with Crippen LogP contribution in [0.25, 0.3) is 5.69 Å². The monoisotopic (exact) mass is 398 g/mol. The second kappa shape index (κ2) is 8.22. The zero-order chi connectivity index (χ0) is 20.3. The van der Waals surface area contributed by atoms with Crippen molar-refractivity contribution in [2.45, 2.75) is 26.9 Å². The Hall–Kier alpha value is -3.19. The number of anilines is 1. The molecule has 3 rings (SSSR count). The maximum atomic E-state index is 12.3. The van der Waals surface area contributed by atoms with Crippen LogP contribution in [0.5, 0.6) is 0 Å². The molecule has 144 valence electrons. The van der Waals surface area contributed by atoms with Gasteiger partial charge in [0.2, 0.25) is 0 Å². The Morgan fingerprint density at radius 1 is 1.18 bits per heavy atom. The van der Waals surface area contributed by atoms with Crippen LogP contribution in [0.1, 0.15) is 28.7 Å². The van der Waals surface area contributed by atoms with E-state index in [4.69, 9.17) is 16.3 Å². The maximum Gasteiger partial charge on any atom is 0.338 e. The first-order valence-corrected chi connectivity index (χ1v) is 8.99. The second-order valence-electron chi connectivity index (χ2n) is 6.26. The van der Waals surface area contributed by atoms with Crippen LogP contribution in [-0.4, -0.2) is 32.7 Å². The minimum atomic E-state index is -1.00. The third kappa shape index (κ3) is 4.37. The van der Waals surface area contributed by atoms with Crippen molar-refractivity contribution in [3.8, 4) is 5.69 Å². The summed E-state index contributed by atoms with van der Waals surface area (Å²) >= 11 is 5.91. The molecule has 1 aromatic carbocycles. The normalized spacial score (nSPS) is 11.7. The van der Waals surface area contributed by atoms with Gasteiger partial charge in [0.25, 0.3) is 5.91 Å². The number of hydrogen-bond acceptors (Lipinski definition) is 5. The Morgan fingerprint density at radius 2 is 1.89 bits per heavy atom. The number of halogens is 1. The van der Waals surface area contributed by atoms with Crippen molar-refractivity contribution in [1.29, 1.82) is 0 Å². The summed E-state index contributed by atoms with van der Waals surface area (Å²) in [6.07, 6.45) is 0.511. The average molecular weight is 399 g/mol. The SMILES string of the molecule is Cc1cc(C)n(-c2ccc(C(=O)OC(C)C(=O)Nc3cccnc3Cl)cc2)n1. The summed E-state index contributed by atoms with van der Waals surface area (Å²) in [4.78, 5) is 28.4. The largest absolute Gasteiger partial charge is 0.449 e. The molecule has 3 aromatic rings. The van der Waals surface area contributed by atoms with Gasteiger partial charge in [0.05, 0.1) is 22.6 Å². The van der Waals surface area contributed by atoms with Crippen molar-refractivity contribution in [3.05, 3.63) is 70.8 Å². The average Bonchev–Trinajstić information content (AvgIpc) is 3.01.